The number of ether oxygens (including phenoxy) is 1. The molecule has 1 N–H and O–H groups in total. The lowest BCUT2D eigenvalue weighted by Gasteiger charge is -2.29. The highest BCUT2D eigenvalue weighted by Gasteiger charge is 2.47. The predicted molar refractivity (Wildman–Crippen MR) is 78.8 cm³/mol. The quantitative estimate of drug-likeness (QED) is 0.905. The third kappa shape index (κ3) is 3.06. The zero-order valence-corrected chi connectivity index (χ0v) is 12.9. The number of hydrogen-bond donors (Lipinski definition) is 1. The molecule has 0 aliphatic heterocycles. The van der Waals surface area contributed by atoms with Crippen LogP contribution in [0.4, 0.5) is 0 Å². The van der Waals surface area contributed by atoms with Gasteiger partial charge in [0.1, 0.15) is 5.75 Å². The normalized spacial score (nSPS) is 29.5. The molecule has 1 aromatic carbocycles. The standard InChI is InChI=1S/C16H23ClO2/c1-11-8-15(2,3)10-16(11,18)9-12-7-13(17)5-6-14(12)19-4/h5-7,11,18H,8-10H2,1-4H3. The SMILES string of the molecule is COc1ccc(Cl)cc1CC1(O)CC(C)(C)CC1C. The first-order valence-corrected chi connectivity index (χ1v) is 7.18. The molecular formula is C16H23ClO2. The van der Waals surface area contributed by atoms with Gasteiger partial charge in [0, 0.05) is 11.4 Å². The van der Waals surface area contributed by atoms with E-state index >= 15 is 0 Å². The van der Waals surface area contributed by atoms with Gasteiger partial charge in [-0.15, -0.1) is 0 Å². The molecule has 1 saturated carbocycles. The number of aliphatic hydroxyl groups is 1. The number of methoxy groups -OCH3 is 1. The molecule has 2 unspecified atom stereocenters. The van der Waals surface area contributed by atoms with Gasteiger partial charge in [-0.25, -0.2) is 0 Å². The van der Waals surface area contributed by atoms with E-state index in [2.05, 4.69) is 20.8 Å². The molecule has 0 radical (unpaired) electrons. The van der Waals surface area contributed by atoms with Crippen LogP contribution in [0.2, 0.25) is 5.02 Å². The Morgan fingerprint density at radius 3 is 2.63 bits per heavy atom. The van der Waals surface area contributed by atoms with Crippen molar-refractivity contribution in [2.75, 3.05) is 7.11 Å². The maximum Gasteiger partial charge on any atom is 0.122 e. The van der Waals surface area contributed by atoms with Crippen LogP contribution in [0, 0.1) is 11.3 Å². The van der Waals surface area contributed by atoms with E-state index in [9.17, 15) is 5.11 Å². The average molecular weight is 283 g/mol. The van der Waals surface area contributed by atoms with Gasteiger partial charge in [0.2, 0.25) is 0 Å². The Balaban J connectivity index is 2.28. The first kappa shape index (κ1) is 14.7. The number of halogens is 1. The van der Waals surface area contributed by atoms with Crippen molar-refractivity contribution in [1.29, 1.82) is 0 Å². The third-order valence-electron chi connectivity index (χ3n) is 4.30. The summed E-state index contributed by atoms with van der Waals surface area (Å²) in [5.41, 5.74) is 0.517. The molecule has 0 bridgehead atoms. The Morgan fingerprint density at radius 1 is 1.42 bits per heavy atom. The van der Waals surface area contributed by atoms with E-state index in [-0.39, 0.29) is 11.3 Å². The molecule has 0 amide bonds. The Hall–Kier alpha value is -0.730. The van der Waals surface area contributed by atoms with Gasteiger partial charge in [-0.1, -0.05) is 32.4 Å². The van der Waals surface area contributed by atoms with Crippen LogP contribution >= 0.6 is 11.6 Å². The minimum Gasteiger partial charge on any atom is -0.496 e. The molecule has 2 rings (SSSR count). The number of hydrogen-bond acceptors (Lipinski definition) is 2. The molecule has 2 atom stereocenters. The summed E-state index contributed by atoms with van der Waals surface area (Å²) in [5.74, 6) is 1.08. The van der Waals surface area contributed by atoms with E-state index in [0.29, 0.717) is 11.4 Å². The molecule has 0 saturated heterocycles. The third-order valence-corrected chi connectivity index (χ3v) is 4.53. The van der Waals surface area contributed by atoms with Gasteiger partial charge >= 0.3 is 0 Å². The van der Waals surface area contributed by atoms with Crippen molar-refractivity contribution in [1.82, 2.24) is 0 Å². The lowest BCUT2D eigenvalue weighted by molar-refractivity contribution is 0.00400. The molecule has 0 spiro atoms. The van der Waals surface area contributed by atoms with Gasteiger partial charge in [0.25, 0.3) is 0 Å². The second kappa shape index (κ2) is 4.99. The van der Waals surface area contributed by atoms with E-state index in [0.717, 1.165) is 24.2 Å². The van der Waals surface area contributed by atoms with Crippen molar-refractivity contribution in [2.45, 2.75) is 45.6 Å². The summed E-state index contributed by atoms with van der Waals surface area (Å²) >= 11 is 6.06. The Kier molecular flexibility index (Phi) is 3.85. The van der Waals surface area contributed by atoms with E-state index in [1.165, 1.54) is 0 Å². The largest absolute Gasteiger partial charge is 0.496 e. The lowest BCUT2D eigenvalue weighted by Crippen LogP contribution is -2.34. The summed E-state index contributed by atoms with van der Waals surface area (Å²) < 4.78 is 5.37. The van der Waals surface area contributed by atoms with Gasteiger partial charge in [-0.2, -0.15) is 0 Å². The van der Waals surface area contributed by atoms with Crippen LogP contribution in [0.3, 0.4) is 0 Å². The maximum absolute atomic E-state index is 11.0. The van der Waals surface area contributed by atoms with Crippen molar-refractivity contribution >= 4 is 11.6 Å². The van der Waals surface area contributed by atoms with Crippen molar-refractivity contribution in [3.05, 3.63) is 28.8 Å². The van der Waals surface area contributed by atoms with Gasteiger partial charge in [-0.05, 0) is 47.9 Å². The fourth-order valence-electron chi connectivity index (χ4n) is 3.55. The van der Waals surface area contributed by atoms with Gasteiger partial charge in [-0.3, -0.25) is 0 Å². The Labute approximate surface area is 120 Å². The zero-order valence-electron chi connectivity index (χ0n) is 12.2. The zero-order chi connectivity index (χ0) is 14.3. The molecule has 0 heterocycles. The summed E-state index contributed by atoms with van der Waals surface area (Å²) in [7, 11) is 1.65. The molecule has 106 valence electrons. The Morgan fingerprint density at radius 2 is 2.11 bits per heavy atom. The summed E-state index contributed by atoms with van der Waals surface area (Å²) in [5, 5.41) is 11.6. The van der Waals surface area contributed by atoms with E-state index in [4.69, 9.17) is 16.3 Å². The number of benzene rings is 1. The summed E-state index contributed by atoms with van der Waals surface area (Å²) in [4.78, 5) is 0. The fraction of sp³-hybridized carbons (Fsp3) is 0.625. The average Bonchev–Trinajstić information content (AvgIpc) is 2.47. The van der Waals surface area contributed by atoms with Crippen LogP contribution in [0.1, 0.15) is 39.2 Å². The highest BCUT2D eigenvalue weighted by atomic mass is 35.5. The van der Waals surface area contributed by atoms with Crippen molar-refractivity contribution in [3.8, 4) is 5.75 Å². The van der Waals surface area contributed by atoms with Crippen molar-refractivity contribution < 1.29 is 9.84 Å². The van der Waals surface area contributed by atoms with Crippen LogP contribution in [0.25, 0.3) is 0 Å². The highest BCUT2D eigenvalue weighted by molar-refractivity contribution is 6.30. The van der Waals surface area contributed by atoms with Crippen molar-refractivity contribution in [3.63, 3.8) is 0 Å². The van der Waals surface area contributed by atoms with Gasteiger partial charge in [0.15, 0.2) is 0 Å². The Bertz CT molecular complexity index is 470. The van der Waals surface area contributed by atoms with Crippen LogP contribution in [0.5, 0.6) is 5.75 Å². The van der Waals surface area contributed by atoms with Gasteiger partial charge < -0.3 is 9.84 Å². The molecule has 0 aromatic heterocycles. The van der Waals surface area contributed by atoms with Crippen LogP contribution in [-0.2, 0) is 6.42 Å². The minimum absolute atomic E-state index is 0.194. The second-order valence-electron chi connectivity index (χ2n) is 6.68. The topological polar surface area (TPSA) is 29.5 Å². The lowest BCUT2D eigenvalue weighted by atomic mass is 9.84. The monoisotopic (exact) mass is 282 g/mol. The predicted octanol–water partition coefficient (Wildman–Crippen LogP) is 4.08. The second-order valence-corrected chi connectivity index (χ2v) is 7.12. The maximum atomic E-state index is 11.0. The fourth-order valence-corrected chi connectivity index (χ4v) is 3.74. The smallest absolute Gasteiger partial charge is 0.122 e. The molecule has 1 fully saturated rings. The van der Waals surface area contributed by atoms with Crippen LogP contribution < -0.4 is 4.74 Å². The highest BCUT2D eigenvalue weighted by Crippen LogP contribution is 2.49. The number of rotatable bonds is 3. The summed E-state index contributed by atoms with van der Waals surface area (Å²) in [6, 6.07) is 5.58. The summed E-state index contributed by atoms with van der Waals surface area (Å²) in [6.07, 6.45) is 2.46. The van der Waals surface area contributed by atoms with E-state index in [1.807, 2.05) is 18.2 Å². The molecular weight excluding hydrogens is 260 g/mol. The molecule has 19 heavy (non-hydrogen) atoms. The van der Waals surface area contributed by atoms with E-state index < -0.39 is 5.60 Å². The molecule has 1 aromatic rings. The molecule has 3 heteroatoms. The first-order valence-electron chi connectivity index (χ1n) is 6.81. The van der Waals surface area contributed by atoms with Gasteiger partial charge in [0.05, 0.1) is 12.7 Å². The molecule has 1 aliphatic carbocycles. The van der Waals surface area contributed by atoms with Crippen molar-refractivity contribution in [2.24, 2.45) is 11.3 Å². The summed E-state index contributed by atoms with van der Waals surface area (Å²) in [6.45, 7) is 6.57. The molecule has 2 nitrogen and oxygen atoms in total. The van der Waals surface area contributed by atoms with Crippen LogP contribution in [-0.4, -0.2) is 17.8 Å². The van der Waals surface area contributed by atoms with E-state index in [1.54, 1.807) is 7.11 Å². The first-order chi connectivity index (χ1) is 8.76. The minimum atomic E-state index is -0.665. The van der Waals surface area contributed by atoms with Crippen LogP contribution in [0.15, 0.2) is 18.2 Å². The molecule has 1 aliphatic rings.